The van der Waals surface area contributed by atoms with Crippen LogP contribution in [0.25, 0.3) is 11.0 Å². The van der Waals surface area contributed by atoms with E-state index >= 15 is 0 Å². The van der Waals surface area contributed by atoms with Crippen LogP contribution in [0.3, 0.4) is 0 Å². The average Bonchev–Trinajstić information content (AvgIpc) is 2.67. The zero-order chi connectivity index (χ0) is 13.1. The van der Waals surface area contributed by atoms with Gasteiger partial charge in [0.15, 0.2) is 0 Å². The molecule has 98 valence electrons. The number of nitrogens with zero attached hydrogens (tertiary/aromatic N) is 2. The molecule has 4 nitrogen and oxygen atoms in total. The molecular weight excluding hydrogens is 224 g/mol. The van der Waals surface area contributed by atoms with Gasteiger partial charge in [-0.1, -0.05) is 13.0 Å². The van der Waals surface area contributed by atoms with Crippen molar-refractivity contribution in [2.24, 2.45) is 5.73 Å². The van der Waals surface area contributed by atoms with E-state index in [0.717, 1.165) is 29.9 Å². The highest BCUT2D eigenvalue weighted by molar-refractivity contribution is 5.79. The standard InChI is InChI=1S/C14H22N4/c1-4-11(3)16-14-17-12-9-10(2)5-6-13(12)18(14)8-7-15/h5-6,9,11H,4,7-8,15H2,1-3H3,(H,16,17). The zero-order valence-corrected chi connectivity index (χ0v) is 11.4. The number of nitrogens with one attached hydrogen (secondary N) is 1. The van der Waals surface area contributed by atoms with E-state index in [9.17, 15) is 0 Å². The minimum atomic E-state index is 0.416. The van der Waals surface area contributed by atoms with Gasteiger partial charge in [0.05, 0.1) is 11.0 Å². The molecule has 0 saturated heterocycles. The number of nitrogens with two attached hydrogens (primary N) is 1. The van der Waals surface area contributed by atoms with Gasteiger partial charge in [0, 0.05) is 19.1 Å². The van der Waals surface area contributed by atoms with Crippen molar-refractivity contribution in [3.05, 3.63) is 23.8 Å². The van der Waals surface area contributed by atoms with Gasteiger partial charge in [-0.15, -0.1) is 0 Å². The maximum atomic E-state index is 5.70. The van der Waals surface area contributed by atoms with Crippen LogP contribution in [0.4, 0.5) is 5.95 Å². The molecule has 1 unspecified atom stereocenters. The van der Waals surface area contributed by atoms with Crippen LogP contribution in [0.5, 0.6) is 0 Å². The Balaban J connectivity index is 2.46. The summed E-state index contributed by atoms with van der Waals surface area (Å²) in [4.78, 5) is 4.68. The summed E-state index contributed by atoms with van der Waals surface area (Å²) in [6.45, 7) is 7.82. The first kappa shape index (κ1) is 12.9. The number of hydrogen-bond donors (Lipinski definition) is 2. The fraction of sp³-hybridized carbons (Fsp3) is 0.500. The number of imidazole rings is 1. The third-order valence-electron chi connectivity index (χ3n) is 3.24. The van der Waals surface area contributed by atoms with Gasteiger partial charge in [-0.2, -0.15) is 0 Å². The van der Waals surface area contributed by atoms with Crippen LogP contribution in [0.1, 0.15) is 25.8 Å². The first-order valence-corrected chi connectivity index (χ1v) is 6.59. The molecule has 0 aliphatic rings. The van der Waals surface area contributed by atoms with Crippen molar-refractivity contribution in [1.82, 2.24) is 9.55 Å². The Labute approximate surface area is 108 Å². The predicted molar refractivity (Wildman–Crippen MR) is 76.9 cm³/mol. The quantitative estimate of drug-likeness (QED) is 0.852. The lowest BCUT2D eigenvalue weighted by Gasteiger charge is -2.14. The second-order valence-corrected chi connectivity index (χ2v) is 4.82. The Morgan fingerprint density at radius 1 is 1.44 bits per heavy atom. The van der Waals surface area contributed by atoms with Gasteiger partial charge >= 0.3 is 0 Å². The third kappa shape index (κ3) is 2.48. The zero-order valence-electron chi connectivity index (χ0n) is 11.4. The fourth-order valence-electron chi connectivity index (χ4n) is 2.03. The molecule has 0 fully saturated rings. The second-order valence-electron chi connectivity index (χ2n) is 4.82. The van der Waals surface area contributed by atoms with Gasteiger partial charge in [-0.25, -0.2) is 4.98 Å². The molecule has 1 aromatic heterocycles. The monoisotopic (exact) mass is 246 g/mol. The molecule has 1 aromatic carbocycles. The maximum Gasteiger partial charge on any atom is 0.204 e. The van der Waals surface area contributed by atoms with Gasteiger partial charge in [0.2, 0.25) is 5.95 Å². The molecule has 1 atom stereocenters. The molecule has 3 N–H and O–H groups in total. The first-order chi connectivity index (χ1) is 8.65. The number of hydrogen-bond acceptors (Lipinski definition) is 3. The molecule has 0 radical (unpaired) electrons. The van der Waals surface area contributed by atoms with E-state index in [-0.39, 0.29) is 0 Å². The normalized spacial score (nSPS) is 12.9. The van der Waals surface area contributed by atoms with Crippen molar-refractivity contribution >= 4 is 17.0 Å². The molecule has 0 amide bonds. The summed E-state index contributed by atoms with van der Waals surface area (Å²) in [5.74, 6) is 0.926. The first-order valence-electron chi connectivity index (χ1n) is 6.59. The molecule has 0 saturated carbocycles. The van der Waals surface area contributed by atoms with Crippen LogP contribution in [-0.2, 0) is 6.54 Å². The van der Waals surface area contributed by atoms with E-state index in [1.165, 1.54) is 5.56 Å². The summed E-state index contributed by atoms with van der Waals surface area (Å²) in [6.07, 6.45) is 1.07. The minimum Gasteiger partial charge on any atom is -0.353 e. The molecule has 2 aromatic rings. The van der Waals surface area contributed by atoms with Gasteiger partial charge in [-0.3, -0.25) is 0 Å². The third-order valence-corrected chi connectivity index (χ3v) is 3.24. The van der Waals surface area contributed by atoms with Crippen molar-refractivity contribution in [2.75, 3.05) is 11.9 Å². The lowest BCUT2D eigenvalue weighted by Crippen LogP contribution is -2.19. The Hall–Kier alpha value is -1.55. The average molecular weight is 246 g/mol. The van der Waals surface area contributed by atoms with Gasteiger partial charge in [-0.05, 0) is 38.0 Å². The van der Waals surface area contributed by atoms with E-state index in [2.05, 4.69) is 53.8 Å². The number of aryl methyl sites for hydroxylation is 1. The molecule has 0 aliphatic carbocycles. The molecule has 2 rings (SSSR count). The highest BCUT2D eigenvalue weighted by Crippen LogP contribution is 2.21. The Morgan fingerprint density at radius 2 is 2.22 bits per heavy atom. The molecule has 1 heterocycles. The number of aromatic nitrogens is 2. The van der Waals surface area contributed by atoms with E-state index < -0.39 is 0 Å². The summed E-state index contributed by atoms with van der Waals surface area (Å²) in [5.41, 5.74) is 9.11. The largest absolute Gasteiger partial charge is 0.353 e. The van der Waals surface area contributed by atoms with Crippen LogP contribution >= 0.6 is 0 Å². The SMILES string of the molecule is CCC(C)Nc1nc2cc(C)ccc2n1CCN. The van der Waals surface area contributed by atoms with Crippen molar-refractivity contribution in [1.29, 1.82) is 0 Å². The summed E-state index contributed by atoms with van der Waals surface area (Å²) >= 11 is 0. The highest BCUT2D eigenvalue weighted by Gasteiger charge is 2.11. The summed E-state index contributed by atoms with van der Waals surface area (Å²) in [5, 5.41) is 3.45. The number of anilines is 1. The maximum absolute atomic E-state index is 5.70. The highest BCUT2D eigenvalue weighted by atomic mass is 15.2. The van der Waals surface area contributed by atoms with Crippen LogP contribution in [0, 0.1) is 6.92 Å². The number of rotatable bonds is 5. The second kappa shape index (κ2) is 5.40. The van der Waals surface area contributed by atoms with E-state index in [4.69, 9.17) is 5.73 Å². The lowest BCUT2D eigenvalue weighted by atomic mass is 10.2. The van der Waals surface area contributed by atoms with Crippen molar-refractivity contribution < 1.29 is 0 Å². The molecule has 0 bridgehead atoms. The Kier molecular flexibility index (Phi) is 3.87. The Morgan fingerprint density at radius 3 is 2.89 bits per heavy atom. The minimum absolute atomic E-state index is 0.416. The molecule has 18 heavy (non-hydrogen) atoms. The van der Waals surface area contributed by atoms with Crippen molar-refractivity contribution in [3.8, 4) is 0 Å². The van der Waals surface area contributed by atoms with Crippen molar-refractivity contribution in [2.45, 2.75) is 39.8 Å². The summed E-state index contributed by atoms with van der Waals surface area (Å²) < 4.78 is 2.17. The van der Waals surface area contributed by atoms with E-state index in [1.54, 1.807) is 0 Å². The predicted octanol–water partition coefficient (Wildman–Crippen LogP) is 2.51. The van der Waals surface area contributed by atoms with Crippen LogP contribution in [0.15, 0.2) is 18.2 Å². The van der Waals surface area contributed by atoms with Gasteiger partial charge in [0.1, 0.15) is 0 Å². The summed E-state index contributed by atoms with van der Waals surface area (Å²) in [6, 6.07) is 6.77. The molecule has 0 aliphatic heterocycles. The molecule has 4 heteroatoms. The topological polar surface area (TPSA) is 55.9 Å². The van der Waals surface area contributed by atoms with E-state index in [1.807, 2.05) is 0 Å². The van der Waals surface area contributed by atoms with Crippen molar-refractivity contribution in [3.63, 3.8) is 0 Å². The van der Waals surface area contributed by atoms with Gasteiger partial charge in [0.25, 0.3) is 0 Å². The molecular formula is C14H22N4. The van der Waals surface area contributed by atoms with Crippen LogP contribution < -0.4 is 11.1 Å². The molecule has 0 spiro atoms. The summed E-state index contributed by atoms with van der Waals surface area (Å²) in [7, 11) is 0. The van der Waals surface area contributed by atoms with Crippen LogP contribution in [0.2, 0.25) is 0 Å². The fourth-order valence-corrected chi connectivity index (χ4v) is 2.03. The van der Waals surface area contributed by atoms with Crippen LogP contribution in [-0.4, -0.2) is 22.1 Å². The smallest absolute Gasteiger partial charge is 0.204 e. The lowest BCUT2D eigenvalue weighted by molar-refractivity contribution is 0.698. The van der Waals surface area contributed by atoms with E-state index in [0.29, 0.717) is 12.6 Å². The number of benzene rings is 1. The van der Waals surface area contributed by atoms with Gasteiger partial charge < -0.3 is 15.6 Å². The Bertz CT molecular complexity index is 530. The number of fused-ring (bicyclic) bond motifs is 1.